The lowest BCUT2D eigenvalue weighted by molar-refractivity contribution is -0.138. The van der Waals surface area contributed by atoms with E-state index in [-0.39, 0.29) is 17.9 Å². The molecule has 1 aromatic rings. The summed E-state index contributed by atoms with van der Waals surface area (Å²) in [5, 5.41) is 3.13. The van der Waals surface area contributed by atoms with Crippen molar-refractivity contribution in [3.8, 4) is 0 Å². The van der Waals surface area contributed by atoms with Crippen LogP contribution < -0.4 is 5.32 Å². The zero-order valence-corrected chi connectivity index (χ0v) is 18.0. The van der Waals surface area contributed by atoms with E-state index in [9.17, 15) is 9.59 Å². The Hall–Kier alpha value is -1.53. The molecule has 1 atom stereocenters. The van der Waals surface area contributed by atoms with Crippen LogP contribution in [0.15, 0.2) is 24.3 Å². The summed E-state index contributed by atoms with van der Waals surface area (Å²) >= 11 is 1.67. The average molecular weight is 404 g/mol. The molecule has 1 aromatic carbocycles. The summed E-state index contributed by atoms with van der Waals surface area (Å²) in [7, 11) is 0. The number of likely N-dealkylation sites (tertiary alicyclic amines) is 1. The van der Waals surface area contributed by atoms with Crippen LogP contribution >= 0.6 is 11.8 Å². The van der Waals surface area contributed by atoms with Crippen LogP contribution in [0.3, 0.4) is 0 Å². The van der Waals surface area contributed by atoms with Gasteiger partial charge in [-0.2, -0.15) is 0 Å². The zero-order chi connectivity index (χ0) is 19.9. The second kappa shape index (κ2) is 10.3. The molecule has 154 valence electrons. The van der Waals surface area contributed by atoms with Crippen molar-refractivity contribution in [1.29, 1.82) is 0 Å². The van der Waals surface area contributed by atoms with Crippen molar-refractivity contribution < 1.29 is 9.59 Å². The van der Waals surface area contributed by atoms with E-state index < -0.39 is 0 Å². The minimum absolute atomic E-state index is 0.0246. The number of nitrogens with zero attached hydrogens (tertiary/aromatic N) is 2. The number of benzene rings is 1. The highest BCUT2D eigenvalue weighted by atomic mass is 32.2. The summed E-state index contributed by atoms with van der Waals surface area (Å²) in [6.07, 6.45) is 3.59. The first-order chi connectivity index (χ1) is 13.6. The molecule has 2 saturated heterocycles. The molecule has 0 aliphatic carbocycles. The summed E-state index contributed by atoms with van der Waals surface area (Å²) in [6, 6.07) is 8.49. The molecule has 0 saturated carbocycles. The van der Waals surface area contributed by atoms with E-state index in [2.05, 4.69) is 41.4 Å². The minimum atomic E-state index is -0.286. The van der Waals surface area contributed by atoms with E-state index in [0.717, 1.165) is 51.2 Å². The Morgan fingerprint density at radius 3 is 2.57 bits per heavy atom. The molecule has 1 unspecified atom stereocenters. The molecule has 0 radical (unpaired) electrons. The van der Waals surface area contributed by atoms with E-state index in [0.29, 0.717) is 18.2 Å². The second-order valence-corrected chi connectivity index (χ2v) is 9.08. The maximum atomic E-state index is 12.6. The van der Waals surface area contributed by atoms with Crippen LogP contribution in [0.1, 0.15) is 43.7 Å². The number of carbonyl (C=O) groups is 2. The highest BCUT2D eigenvalue weighted by molar-refractivity contribution is 7.99. The Morgan fingerprint density at radius 2 is 1.89 bits per heavy atom. The minimum Gasteiger partial charge on any atom is -0.354 e. The average Bonchev–Trinajstić information content (AvgIpc) is 3.19. The molecule has 0 bridgehead atoms. The van der Waals surface area contributed by atoms with Gasteiger partial charge in [0.05, 0.1) is 5.88 Å². The number of aryl methyl sites for hydroxylation is 1. The van der Waals surface area contributed by atoms with Gasteiger partial charge in [-0.1, -0.05) is 36.8 Å². The molecule has 0 spiro atoms. The van der Waals surface area contributed by atoms with E-state index in [4.69, 9.17) is 0 Å². The van der Waals surface area contributed by atoms with Gasteiger partial charge in [-0.15, -0.1) is 11.8 Å². The first kappa shape index (κ1) is 21.2. The lowest BCUT2D eigenvalue weighted by Crippen LogP contribution is -2.48. The van der Waals surface area contributed by atoms with Gasteiger partial charge < -0.3 is 10.2 Å². The second-order valence-electron chi connectivity index (χ2n) is 8.08. The van der Waals surface area contributed by atoms with Crippen molar-refractivity contribution in [1.82, 2.24) is 15.1 Å². The maximum absolute atomic E-state index is 12.6. The van der Waals surface area contributed by atoms with Crippen LogP contribution in [0.5, 0.6) is 0 Å². The molecular formula is C22H33N3O2S. The molecule has 2 amide bonds. The SMILES string of the molecule is CCCC(=O)N1CSCC1C(=O)NCC1CCN(Cc2ccc(C)cc2)CC1. The lowest BCUT2D eigenvalue weighted by Gasteiger charge is -2.32. The van der Waals surface area contributed by atoms with Crippen LogP contribution in [0.2, 0.25) is 0 Å². The van der Waals surface area contributed by atoms with Crippen molar-refractivity contribution in [2.24, 2.45) is 5.92 Å². The molecule has 3 rings (SSSR count). The fourth-order valence-corrected chi connectivity index (χ4v) is 5.11. The van der Waals surface area contributed by atoms with Gasteiger partial charge in [-0.05, 0) is 50.8 Å². The Bertz CT molecular complexity index is 656. The highest BCUT2D eigenvalue weighted by Gasteiger charge is 2.34. The van der Waals surface area contributed by atoms with Crippen molar-refractivity contribution in [2.45, 2.75) is 52.1 Å². The normalized spacial score (nSPS) is 21.1. The quantitative estimate of drug-likeness (QED) is 0.760. The van der Waals surface area contributed by atoms with Crippen molar-refractivity contribution in [3.05, 3.63) is 35.4 Å². The molecule has 2 heterocycles. The smallest absolute Gasteiger partial charge is 0.243 e. The van der Waals surface area contributed by atoms with Gasteiger partial charge in [0.15, 0.2) is 0 Å². The Kier molecular flexibility index (Phi) is 7.80. The molecule has 2 aliphatic rings. The first-order valence-electron chi connectivity index (χ1n) is 10.5. The summed E-state index contributed by atoms with van der Waals surface area (Å²) in [4.78, 5) is 29.1. The number of hydrogen-bond acceptors (Lipinski definition) is 4. The number of piperidine rings is 1. The molecular weight excluding hydrogens is 370 g/mol. The van der Waals surface area contributed by atoms with Gasteiger partial charge in [0, 0.05) is 25.3 Å². The summed E-state index contributed by atoms with van der Waals surface area (Å²) < 4.78 is 0. The van der Waals surface area contributed by atoms with Crippen LogP contribution in [0, 0.1) is 12.8 Å². The zero-order valence-electron chi connectivity index (χ0n) is 17.2. The molecule has 2 aliphatic heterocycles. The highest BCUT2D eigenvalue weighted by Crippen LogP contribution is 2.23. The van der Waals surface area contributed by atoms with Crippen LogP contribution in [-0.4, -0.2) is 58.9 Å². The van der Waals surface area contributed by atoms with E-state index >= 15 is 0 Å². The fourth-order valence-electron chi connectivity index (χ4n) is 3.93. The van der Waals surface area contributed by atoms with E-state index in [1.165, 1.54) is 11.1 Å². The molecule has 1 N–H and O–H groups in total. The number of amides is 2. The number of thioether (sulfide) groups is 1. The van der Waals surface area contributed by atoms with Crippen LogP contribution in [-0.2, 0) is 16.1 Å². The summed E-state index contributed by atoms with van der Waals surface area (Å²) in [5.74, 6) is 2.03. The summed E-state index contributed by atoms with van der Waals surface area (Å²) in [6.45, 7) is 8.01. The van der Waals surface area contributed by atoms with E-state index in [1.807, 2.05) is 6.92 Å². The molecule has 5 nitrogen and oxygen atoms in total. The fraction of sp³-hybridized carbons (Fsp3) is 0.636. The molecule has 28 heavy (non-hydrogen) atoms. The van der Waals surface area contributed by atoms with Crippen molar-refractivity contribution in [3.63, 3.8) is 0 Å². The number of hydrogen-bond donors (Lipinski definition) is 1. The Labute approximate surface area is 173 Å². The van der Waals surface area contributed by atoms with E-state index in [1.54, 1.807) is 16.7 Å². The van der Waals surface area contributed by atoms with Gasteiger partial charge >= 0.3 is 0 Å². The number of rotatable bonds is 7. The largest absolute Gasteiger partial charge is 0.354 e. The third-order valence-corrected chi connectivity index (χ3v) is 6.78. The standard InChI is InChI=1S/C22H33N3O2S/c1-3-4-21(26)25-16-28-15-20(25)22(27)23-13-18-9-11-24(12-10-18)14-19-7-5-17(2)6-8-19/h5-8,18,20H,3-4,9-16H2,1-2H3,(H,23,27). The third kappa shape index (κ3) is 5.74. The van der Waals surface area contributed by atoms with Gasteiger partial charge in [0.2, 0.25) is 11.8 Å². The topological polar surface area (TPSA) is 52.7 Å². The third-order valence-electron chi connectivity index (χ3n) is 5.77. The Balaban J connectivity index is 1.39. The molecule has 2 fully saturated rings. The van der Waals surface area contributed by atoms with Gasteiger partial charge in [0.1, 0.15) is 6.04 Å². The predicted octanol–water partition coefficient (Wildman–Crippen LogP) is 3.02. The monoisotopic (exact) mass is 403 g/mol. The van der Waals surface area contributed by atoms with Crippen LogP contribution in [0.4, 0.5) is 0 Å². The van der Waals surface area contributed by atoms with Gasteiger partial charge in [-0.3, -0.25) is 14.5 Å². The number of nitrogens with one attached hydrogen (secondary N) is 1. The summed E-state index contributed by atoms with van der Waals surface area (Å²) in [5.41, 5.74) is 2.67. The molecule has 6 heteroatoms. The Morgan fingerprint density at radius 1 is 1.18 bits per heavy atom. The van der Waals surface area contributed by atoms with Gasteiger partial charge in [-0.25, -0.2) is 0 Å². The van der Waals surface area contributed by atoms with Gasteiger partial charge in [0.25, 0.3) is 0 Å². The molecule has 0 aromatic heterocycles. The van der Waals surface area contributed by atoms with Crippen molar-refractivity contribution >= 4 is 23.6 Å². The lowest BCUT2D eigenvalue weighted by atomic mass is 9.96. The van der Waals surface area contributed by atoms with Crippen LogP contribution in [0.25, 0.3) is 0 Å². The first-order valence-corrected chi connectivity index (χ1v) is 11.6. The predicted molar refractivity (Wildman–Crippen MR) is 115 cm³/mol. The van der Waals surface area contributed by atoms with Crippen molar-refractivity contribution in [2.75, 3.05) is 31.3 Å². The number of carbonyl (C=O) groups excluding carboxylic acids is 2. The maximum Gasteiger partial charge on any atom is 0.243 e.